The number of rotatable bonds is 4. The fourth-order valence-electron chi connectivity index (χ4n) is 6.94. The van der Waals surface area contributed by atoms with E-state index in [1.165, 1.54) is 11.3 Å². The monoisotopic (exact) mass is 580 g/mol. The van der Waals surface area contributed by atoms with Crippen LogP contribution in [0.25, 0.3) is 6.08 Å². The molecule has 8 rings (SSSR count). The van der Waals surface area contributed by atoms with Crippen molar-refractivity contribution in [3.63, 3.8) is 0 Å². The minimum absolute atomic E-state index is 0.0651. The summed E-state index contributed by atoms with van der Waals surface area (Å²) >= 11 is 7.68. The maximum atomic E-state index is 14.9. The zero-order chi connectivity index (χ0) is 27.9. The average Bonchev–Trinajstić information content (AvgIpc) is 3.78. The molecule has 202 valence electrons. The molecule has 4 aromatic rings. The number of fused-ring (bicyclic) bond motifs is 7. The summed E-state index contributed by atoms with van der Waals surface area (Å²) in [6, 6.07) is 19.9. The Bertz CT molecular complexity index is 1820. The molecule has 7 nitrogen and oxygen atoms in total. The Labute approximate surface area is 244 Å². The van der Waals surface area contributed by atoms with Gasteiger partial charge in [-0.2, -0.15) is 0 Å². The van der Waals surface area contributed by atoms with Crippen molar-refractivity contribution in [1.82, 2.24) is 0 Å². The SMILES string of the molecule is O=C(c1cccs1)[C@@H]1[C@H](C(=O)c2ccc3c(c2)OCO3)[C@]2(C(=O)Nc3ccccc32)[C@H]2C=Cc3cc(Cl)ccc3N12. The van der Waals surface area contributed by atoms with Gasteiger partial charge in [0, 0.05) is 22.0 Å². The lowest BCUT2D eigenvalue weighted by molar-refractivity contribution is -0.121. The van der Waals surface area contributed by atoms with E-state index in [0.717, 1.165) is 11.3 Å². The van der Waals surface area contributed by atoms with E-state index in [4.69, 9.17) is 21.1 Å². The fourth-order valence-corrected chi connectivity index (χ4v) is 7.82. The third-order valence-corrected chi connectivity index (χ3v) is 9.69. The summed E-state index contributed by atoms with van der Waals surface area (Å²) in [5, 5.41) is 5.44. The number of ether oxygens (including phenoxy) is 2. The highest BCUT2D eigenvalue weighted by Crippen LogP contribution is 2.58. The Morgan fingerprint density at radius 3 is 2.68 bits per heavy atom. The van der Waals surface area contributed by atoms with Crippen molar-refractivity contribution in [2.75, 3.05) is 17.0 Å². The third kappa shape index (κ3) is 3.29. The summed E-state index contributed by atoms with van der Waals surface area (Å²) in [4.78, 5) is 46.2. The quantitative estimate of drug-likeness (QED) is 0.299. The zero-order valence-corrected chi connectivity index (χ0v) is 22.9. The number of thiophene rings is 1. The summed E-state index contributed by atoms with van der Waals surface area (Å²) in [5.74, 6) is -0.895. The molecule has 4 aliphatic rings. The predicted octanol–water partition coefficient (Wildman–Crippen LogP) is 5.99. The molecule has 0 unspecified atom stereocenters. The van der Waals surface area contributed by atoms with E-state index in [-0.39, 0.29) is 24.3 Å². The Morgan fingerprint density at radius 1 is 0.976 bits per heavy atom. The molecule has 5 heterocycles. The van der Waals surface area contributed by atoms with Crippen molar-refractivity contribution >= 4 is 57.9 Å². The minimum atomic E-state index is -1.38. The van der Waals surface area contributed by atoms with Crippen LogP contribution in [0.5, 0.6) is 11.5 Å². The van der Waals surface area contributed by atoms with Crippen molar-refractivity contribution in [1.29, 1.82) is 0 Å². The third-order valence-electron chi connectivity index (χ3n) is 8.57. The molecule has 1 N–H and O–H groups in total. The highest BCUT2D eigenvalue weighted by molar-refractivity contribution is 7.12. The van der Waals surface area contributed by atoms with Crippen LogP contribution in [0.15, 0.2) is 84.3 Å². The number of para-hydroxylation sites is 1. The molecular formula is C32H21ClN2O5S. The van der Waals surface area contributed by atoms with E-state index < -0.39 is 23.4 Å². The van der Waals surface area contributed by atoms with Gasteiger partial charge in [-0.25, -0.2) is 0 Å². The molecule has 0 saturated carbocycles. The number of carbonyl (C=O) groups excluding carboxylic acids is 3. The number of nitrogens with zero attached hydrogens (tertiary/aromatic N) is 1. The standard InChI is InChI=1S/C32H21ClN2O5S/c33-19-9-10-22-17(14-19)8-12-26-32(20-4-1-2-5-21(20)34-31(32)38)27(28(35(22)26)30(37)25-6-3-13-41-25)29(36)18-7-11-23-24(15-18)40-16-39-23/h1-15,26-28H,16H2,(H,34,38)/t26-,27-,28+,32-/m1/s1. The van der Waals surface area contributed by atoms with Crippen molar-refractivity contribution in [2.24, 2.45) is 5.92 Å². The van der Waals surface area contributed by atoms with Gasteiger partial charge in [0.15, 0.2) is 23.1 Å². The first kappa shape index (κ1) is 24.4. The number of benzene rings is 3. The van der Waals surface area contributed by atoms with Crippen LogP contribution < -0.4 is 19.7 Å². The van der Waals surface area contributed by atoms with Gasteiger partial charge in [-0.05, 0) is 65.0 Å². The number of hydrogen-bond donors (Lipinski definition) is 1. The van der Waals surface area contributed by atoms with Crippen molar-refractivity contribution in [2.45, 2.75) is 17.5 Å². The highest BCUT2D eigenvalue weighted by Gasteiger charge is 2.70. The average molecular weight is 581 g/mol. The minimum Gasteiger partial charge on any atom is -0.454 e. The molecule has 1 spiro atoms. The molecule has 1 fully saturated rings. The van der Waals surface area contributed by atoms with Gasteiger partial charge in [0.1, 0.15) is 11.5 Å². The molecule has 9 heteroatoms. The zero-order valence-electron chi connectivity index (χ0n) is 21.4. The van der Waals surface area contributed by atoms with E-state index in [1.807, 2.05) is 64.9 Å². The summed E-state index contributed by atoms with van der Waals surface area (Å²) in [5.41, 5.74) is 1.86. The summed E-state index contributed by atoms with van der Waals surface area (Å²) in [6.07, 6.45) is 3.86. The Kier molecular flexibility index (Phi) is 5.24. The highest BCUT2D eigenvalue weighted by atomic mass is 35.5. The van der Waals surface area contributed by atoms with Gasteiger partial charge in [0.05, 0.1) is 16.8 Å². The van der Waals surface area contributed by atoms with Crippen LogP contribution in [-0.2, 0) is 10.2 Å². The van der Waals surface area contributed by atoms with Gasteiger partial charge in [0.25, 0.3) is 0 Å². The summed E-state index contributed by atoms with van der Waals surface area (Å²) < 4.78 is 11.0. The second-order valence-electron chi connectivity index (χ2n) is 10.5. The lowest BCUT2D eigenvalue weighted by Crippen LogP contribution is -2.51. The molecule has 1 amide bonds. The molecule has 3 aromatic carbocycles. The maximum Gasteiger partial charge on any atom is 0.238 e. The van der Waals surface area contributed by atoms with Crippen molar-refractivity contribution in [3.8, 4) is 11.5 Å². The smallest absolute Gasteiger partial charge is 0.238 e. The van der Waals surface area contributed by atoms with Crippen LogP contribution in [-0.4, -0.2) is 36.4 Å². The van der Waals surface area contributed by atoms with Crippen LogP contribution in [0.2, 0.25) is 5.02 Å². The first-order chi connectivity index (χ1) is 20.0. The Hall–Kier alpha value is -4.40. The topological polar surface area (TPSA) is 84.9 Å². The normalized spacial score (nSPS) is 24.7. The maximum absolute atomic E-state index is 14.9. The van der Waals surface area contributed by atoms with Crippen molar-refractivity contribution < 1.29 is 23.9 Å². The van der Waals surface area contributed by atoms with Crippen LogP contribution in [0.1, 0.15) is 31.2 Å². The fraction of sp³-hybridized carbons (Fsp3) is 0.156. The number of Topliss-reactive ketones (excluding diaryl/α,β-unsaturated/α-hetero) is 2. The second kappa shape index (κ2) is 8.80. The first-order valence-corrected chi connectivity index (χ1v) is 14.4. The molecule has 1 aromatic heterocycles. The molecular weight excluding hydrogens is 560 g/mol. The first-order valence-electron chi connectivity index (χ1n) is 13.2. The largest absolute Gasteiger partial charge is 0.454 e. The number of hydrogen-bond acceptors (Lipinski definition) is 7. The molecule has 4 aliphatic heterocycles. The van der Waals surface area contributed by atoms with Crippen LogP contribution in [0.4, 0.5) is 11.4 Å². The molecule has 0 aliphatic carbocycles. The van der Waals surface area contributed by atoms with Gasteiger partial charge >= 0.3 is 0 Å². The number of anilines is 2. The van der Waals surface area contributed by atoms with Crippen LogP contribution in [0.3, 0.4) is 0 Å². The van der Waals surface area contributed by atoms with Gasteiger partial charge in [0.2, 0.25) is 12.7 Å². The van der Waals surface area contributed by atoms with Crippen LogP contribution >= 0.6 is 22.9 Å². The Balaban J connectivity index is 1.41. The van der Waals surface area contributed by atoms with Gasteiger partial charge in [-0.15, -0.1) is 11.3 Å². The van der Waals surface area contributed by atoms with Gasteiger partial charge in [-0.3, -0.25) is 14.4 Å². The number of ketones is 2. The van der Waals surface area contributed by atoms with E-state index in [1.54, 1.807) is 30.3 Å². The Morgan fingerprint density at radius 2 is 1.83 bits per heavy atom. The predicted molar refractivity (Wildman–Crippen MR) is 156 cm³/mol. The molecule has 0 radical (unpaired) electrons. The molecule has 41 heavy (non-hydrogen) atoms. The summed E-state index contributed by atoms with van der Waals surface area (Å²) in [7, 11) is 0. The number of amides is 1. The van der Waals surface area contributed by atoms with Crippen molar-refractivity contribution in [3.05, 3.63) is 111 Å². The lowest BCUT2D eigenvalue weighted by atomic mass is 9.64. The number of halogens is 1. The molecule has 0 bridgehead atoms. The van der Waals surface area contributed by atoms with E-state index in [9.17, 15) is 14.4 Å². The van der Waals surface area contributed by atoms with E-state index in [0.29, 0.717) is 38.2 Å². The van der Waals surface area contributed by atoms with E-state index in [2.05, 4.69) is 5.32 Å². The molecule has 4 atom stereocenters. The number of carbonyl (C=O) groups is 3. The lowest BCUT2D eigenvalue weighted by Gasteiger charge is -2.37. The van der Waals surface area contributed by atoms with Gasteiger partial charge in [-0.1, -0.05) is 48.0 Å². The van der Waals surface area contributed by atoms with Gasteiger partial charge < -0.3 is 19.7 Å². The summed E-state index contributed by atoms with van der Waals surface area (Å²) in [6.45, 7) is 0.0651. The molecule has 1 saturated heterocycles. The van der Waals surface area contributed by atoms with Crippen LogP contribution in [0, 0.1) is 5.92 Å². The second-order valence-corrected chi connectivity index (χ2v) is 11.9. The van der Waals surface area contributed by atoms with E-state index >= 15 is 0 Å². The number of nitrogens with one attached hydrogen (secondary N) is 1.